The van der Waals surface area contributed by atoms with Crippen LogP contribution < -0.4 is 14.2 Å². The van der Waals surface area contributed by atoms with E-state index in [1.807, 2.05) is 42.5 Å². The van der Waals surface area contributed by atoms with E-state index in [1.54, 1.807) is 12.1 Å². The first-order valence-electron chi connectivity index (χ1n) is 9.88. The van der Waals surface area contributed by atoms with Gasteiger partial charge in [-0.3, -0.25) is 4.79 Å². The number of aromatic nitrogens is 2. The van der Waals surface area contributed by atoms with E-state index in [9.17, 15) is 4.79 Å². The lowest BCUT2D eigenvalue weighted by Crippen LogP contribution is -2.08. The second-order valence-corrected chi connectivity index (χ2v) is 6.89. The average molecular weight is 434 g/mol. The van der Waals surface area contributed by atoms with E-state index in [4.69, 9.17) is 23.4 Å². The topological polar surface area (TPSA) is 92.9 Å². The van der Waals surface area contributed by atoms with Crippen molar-refractivity contribution in [2.75, 3.05) is 21.3 Å². The number of hydrogen-bond donors (Lipinski definition) is 0. The van der Waals surface area contributed by atoms with Gasteiger partial charge in [0.25, 0.3) is 5.89 Å². The van der Waals surface area contributed by atoms with Crippen LogP contribution in [0.3, 0.4) is 0 Å². The summed E-state index contributed by atoms with van der Waals surface area (Å²) in [5.41, 5.74) is 1.48. The Bertz CT molecular complexity index is 1220. The monoisotopic (exact) mass is 434 g/mol. The number of methoxy groups -OCH3 is 3. The number of fused-ring (bicyclic) bond motifs is 1. The molecule has 0 spiro atoms. The highest BCUT2D eigenvalue weighted by atomic mass is 16.5. The molecule has 8 heteroatoms. The summed E-state index contributed by atoms with van der Waals surface area (Å²) in [6, 6.07) is 17.1. The van der Waals surface area contributed by atoms with E-state index in [1.165, 1.54) is 21.3 Å². The summed E-state index contributed by atoms with van der Waals surface area (Å²) in [5, 5.41) is 10.1. The SMILES string of the molecule is COc1cc(-c2nnc(COC(=O)Cc3cccc4ccccc34)o2)cc(OC)c1OC. The predicted octanol–water partition coefficient (Wildman–Crippen LogP) is 4.20. The van der Waals surface area contributed by atoms with Gasteiger partial charge in [0, 0.05) is 5.56 Å². The van der Waals surface area contributed by atoms with Crippen molar-refractivity contribution in [3.63, 3.8) is 0 Å². The number of rotatable bonds is 8. The number of hydrogen-bond acceptors (Lipinski definition) is 8. The fourth-order valence-corrected chi connectivity index (χ4v) is 3.43. The first-order chi connectivity index (χ1) is 15.6. The fourth-order valence-electron chi connectivity index (χ4n) is 3.43. The number of esters is 1. The summed E-state index contributed by atoms with van der Waals surface area (Å²) in [6.45, 7) is -0.124. The van der Waals surface area contributed by atoms with Crippen LogP contribution in [0.15, 0.2) is 59.0 Å². The van der Waals surface area contributed by atoms with Crippen LogP contribution >= 0.6 is 0 Å². The Morgan fingerprint density at radius 2 is 1.62 bits per heavy atom. The van der Waals surface area contributed by atoms with Crippen molar-refractivity contribution in [1.82, 2.24) is 10.2 Å². The van der Waals surface area contributed by atoms with Gasteiger partial charge in [-0.15, -0.1) is 10.2 Å². The van der Waals surface area contributed by atoms with Gasteiger partial charge in [0.15, 0.2) is 18.1 Å². The number of benzene rings is 3. The molecule has 0 radical (unpaired) electrons. The second kappa shape index (κ2) is 9.38. The van der Waals surface area contributed by atoms with E-state index in [0.29, 0.717) is 22.8 Å². The van der Waals surface area contributed by atoms with Gasteiger partial charge in [0.1, 0.15) is 0 Å². The Labute approximate surface area is 184 Å². The zero-order chi connectivity index (χ0) is 22.5. The highest BCUT2D eigenvalue weighted by Crippen LogP contribution is 2.40. The minimum Gasteiger partial charge on any atom is -0.493 e. The molecule has 0 aliphatic carbocycles. The number of nitrogens with zero attached hydrogens (tertiary/aromatic N) is 2. The molecule has 1 aromatic heterocycles. The normalized spacial score (nSPS) is 10.7. The van der Waals surface area contributed by atoms with Crippen molar-refractivity contribution in [1.29, 1.82) is 0 Å². The van der Waals surface area contributed by atoms with Crippen LogP contribution in [-0.2, 0) is 22.6 Å². The third kappa shape index (κ3) is 4.34. The van der Waals surface area contributed by atoms with Crippen molar-refractivity contribution in [2.45, 2.75) is 13.0 Å². The first-order valence-corrected chi connectivity index (χ1v) is 9.88. The van der Waals surface area contributed by atoms with Crippen molar-refractivity contribution in [3.8, 4) is 28.7 Å². The Balaban J connectivity index is 1.45. The number of ether oxygens (including phenoxy) is 4. The molecule has 0 aliphatic rings. The van der Waals surface area contributed by atoms with E-state index in [-0.39, 0.29) is 30.8 Å². The molecule has 0 aliphatic heterocycles. The second-order valence-electron chi connectivity index (χ2n) is 6.89. The molecule has 0 atom stereocenters. The summed E-state index contributed by atoms with van der Waals surface area (Å²) in [7, 11) is 4.57. The van der Waals surface area contributed by atoms with Gasteiger partial charge in [-0.2, -0.15) is 0 Å². The lowest BCUT2D eigenvalue weighted by atomic mass is 10.0. The Morgan fingerprint density at radius 3 is 2.34 bits per heavy atom. The van der Waals surface area contributed by atoms with E-state index in [2.05, 4.69) is 10.2 Å². The maximum absolute atomic E-state index is 12.4. The third-order valence-corrected chi connectivity index (χ3v) is 4.95. The van der Waals surface area contributed by atoms with Crippen LogP contribution in [0.4, 0.5) is 0 Å². The van der Waals surface area contributed by atoms with Crippen LogP contribution in [0.2, 0.25) is 0 Å². The van der Waals surface area contributed by atoms with Gasteiger partial charge >= 0.3 is 5.97 Å². The molecule has 0 saturated carbocycles. The third-order valence-electron chi connectivity index (χ3n) is 4.95. The fraction of sp³-hybridized carbons (Fsp3) is 0.208. The van der Waals surface area contributed by atoms with Gasteiger partial charge in [0.2, 0.25) is 11.6 Å². The van der Waals surface area contributed by atoms with Crippen molar-refractivity contribution >= 4 is 16.7 Å². The minimum atomic E-state index is -0.381. The molecule has 0 N–H and O–H groups in total. The molecule has 0 amide bonds. The molecule has 4 aromatic rings. The highest BCUT2D eigenvalue weighted by molar-refractivity contribution is 5.88. The van der Waals surface area contributed by atoms with E-state index >= 15 is 0 Å². The Morgan fingerprint density at radius 1 is 0.906 bits per heavy atom. The van der Waals surface area contributed by atoms with Gasteiger partial charge < -0.3 is 23.4 Å². The summed E-state index contributed by atoms with van der Waals surface area (Å²) >= 11 is 0. The summed E-state index contributed by atoms with van der Waals surface area (Å²) in [6.07, 6.45) is 0.148. The molecule has 8 nitrogen and oxygen atoms in total. The van der Waals surface area contributed by atoms with E-state index < -0.39 is 0 Å². The molecule has 0 unspecified atom stereocenters. The molecule has 4 rings (SSSR count). The summed E-state index contributed by atoms with van der Waals surface area (Å²) in [4.78, 5) is 12.4. The van der Waals surface area contributed by atoms with Crippen LogP contribution in [0, 0.1) is 0 Å². The largest absolute Gasteiger partial charge is 0.493 e. The van der Waals surface area contributed by atoms with Crippen LogP contribution in [0.25, 0.3) is 22.2 Å². The van der Waals surface area contributed by atoms with Crippen LogP contribution in [0.1, 0.15) is 11.5 Å². The summed E-state index contributed by atoms with van der Waals surface area (Å²) < 4.78 is 27.0. The van der Waals surface area contributed by atoms with Crippen molar-refractivity contribution < 1.29 is 28.2 Å². The molecule has 164 valence electrons. The molecule has 0 fully saturated rings. The van der Waals surface area contributed by atoms with Gasteiger partial charge in [0.05, 0.1) is 27.8 Å². The first kappa shape index (κ1) is 21.2. The van der Waals surface area contributed by atoms with Crippen molar-refractivity contribution in [2.24, 2.45) is 0 Å². The quantitative estimate of drug-likeness (QED) is 0.381. The zero-order valence-electron chi connectivity index (χ0n) is 18.0. The molecule has 32 heavy (non-hydrogen) atoms. The number of carbonyl (C=O) groups excluding carboxylic acids is 1. The Hall–Kier alpha value is -4.07. The molecular formula is C24H22N2O6. The number of carbonyl (C=O) groups is 1. The lowest BCUT2D eigenvalue weighted by Gasteiger charge is -2.12. The average Bonchev–Trinajstić information content (AvgIpc) is 3.31. The Kier molecular flexibility index (Phi) is 6.21. The smallest absolute Gasteiger partial charge is 0.310 e. The molecular weight excluding hydrogens is 412 g/mol. The van der Waals surface area contributed by atoms with Gasteiger partial charge in [-0.05, 0) is 28.5 Å². The van der Waals surface area contributed by atoms with Gasteiger partial charge in [-0.1, -0.05) is 42.5 Å². The van der Waals surface area contributed by atoms with Crippen LogP contribution in [-0.4, -0.2) is 37.5 Å². The standard InChI is InChI=1S/C24H22N2O6/c1-28-19-11-17(12-20(29-2)23(19)30-3)24-26-25-21(32-24)14-31-22(27)13-16-9-6-8-15-7-4-5-10-18(15)16/h4-12H,13-14H2,1-3H3. The van der Waals surface area contributed by atoms with Crippen LogP contribution in [0.5, 0.6) is 17.2 Å². The predicted molar refractivity (Wildman–Crippen MR) is 117 cm³/mol. The molecule has 1 heterocycles. The molecule has 0 saturated heterocycles. The molecule has 0 bridgehead atoms. The maximum Gasteiger partial charge on any atom is 0.310 e. The van der Waals surface area contributed by atoms with E-state index in [0.717, 1.165) is 16.3 Å². The lowest BCUT2D eigenvalue weighted by molar-refractivity contribution is -0.144. The van der Waals surface area contributed by atoms with Gasteiger partial charge in [-0.25, -0.2) is 0 Å². The minimum absolute atomic E-state index is 0.124. The van der Waals surface area contributed by atoms with Crippen molar-refractivity contribution in [3.05, 3.63) is 66.1 Å². The maximum atomic E-state index is 12.4. The zero-order valence-corrected chi connectivity index (χ0v) is 18.0. The highest BCUT2D eigenvalue weighted by Gasteiger charge is 2.18. The summed E-state index contributed by atoms with van der Waals surface area (Å²) in [5.74, 6) is 1.42. The molecule has 3 aromatic carbocycles.